The third kappa shape index (κ3) is 10.7. The highest BCUT2D eigenvalue weighted by Crippen LogP contribution is 2.21. The van der Waals surface area contributed by atoms with E-state index in [1.165, 1.54) is 0 Å². The van der Waals surface area contributed by atoms with Gasteiger partial charge in [-0.1, -0.05) is 0 Å². The Bertz CT molecular complexity index is 215. The minimum Gasteiger partial charge on any atom is -0.370 e. The Morgan fingerprint density at radius 1 is 1.18 bits per heavy atom. The Balaban J connectivity index is 0. The fraction of sp³-hybridized carbons (Fsp3) is 0.900. The molecular formula is C10H21F3IN3. The van der Waals surface area contributed by atoms with E-state index in [-0.39, 0.29) is 30.4 Å². The second-order valence-electron chi connectivity index (χ2n) is 3.48. The molecule has 0 fully saturated rings. The van der Waals surface area contributed by atoms with Gasteiger partial charge in [0.25, 0.3) is 0 Å². The highest BCUT2D eigenvalue weighted by Gasteiger charge is 2.25. The van der Waals surface area contributed by atoms with Gasteiger partial charge in [-0.3, -0.25) is 4.99 Å². The summed E-state index contributed by atoms with van der Waals surface area (Å²) in [6.45, 7) is 5.78. The van der Waals surface area contributed by atoms with Gasteiger partial charge in [0, 0.05) is 26.1 Å². The predicted octanol–water partition coefficient (Wildman–Crippen LogP) is 2.99. The van der Waals surface area contributed by atoms with Crippen molar-refractivity contribution in [1.82, 2.24) is 4.90 Å². The Hall–Kier alpha value is -0.210. The van der Waals surface area contributed by atoms with Gasteiger partial charge < -0.3 is 10.6 Å². The second-order valence-corrected chi connectivity index (χ2v) is 3.48. The van der Waals surface area contributed by atoms with Crippen LogP contribution in [0.15, 0.2) is 4.99 Å². The lowest BCUT2D eigenvalue weighted by atomic mass is 10.2. The molecule has 0 aromatic heterocycles. The van der Waals surface area contributed by atoms with Crippen LogP contribution >= 0.6 is 24.0 Å². The van der Waals surface area contributed by atoms with E-state index < -0.39 is 12.6 Å². The summed E-state index contributed by atoms with van der Waals surface area (Å²) in [6.07, 6.45) is -4.28. The van der Waals surface area contributed by atoms with Gasteiger partial charge in [0.1, 0.15) is 0 Å². The minimum atomic E-state index is -4.06. The Labute approximate surface area is 118 Å². The van der Waals surface area contributed by atoms with Crippen molar-refractivity contribution in [3.05, 3.63) is 0 Å². The molecule has 0 bridgehead atoms. The maximum absolute atomic E-state index is 11.8. The number of hydrogen-bond donors (Lipinski definition) is 1. The van der Waals surface area contributed by atoms with Gasteiger partial charge in [-0.25, -0.2) is 0 Å². The standard InChI is InChI=1S/C10H20F3N3.HI/c1-3-16(4-2)9(14)15-8-6-5-7-10(11,12)13;/h3-8H2,1-2H3,(H2,14,15);1H. The molecule has 3 nitrogen and oxygen atoms in total. The van der Waals surface area contributed by atoms with Gasteiger partial charge in [0.05, 0.1) is 0 Å². The molecule has 0 saturated heterocycles. The van der Waals surface area contributed by atoms with Gasteiger partial charge in [-0.15, -0.1) is 24.0 Å². The van der Waals surface area contributed by atoms with Crippen LogP contribution in [0.5, 0.6) is 0 Å². The van der Waals surface area contributed by atoms with Gasteiger partial charge in [0.15, 0.2) is 5.96 Å². The van der Waals surface area contributed by atoms with Crippen LogP contribution in [0.1, 0.15) is 33.1 Å². The van der Waals surface area contributed by atoms with Crippen molar-refractivity contribution in [3.8, 4) is 0 Å². The van der Waals surface area contributed by atoms with Crippen LogP contribution in [-0.4, -0.2) is 36.7 Å². The monoisotopic (exact) mass is 367 g/mol. The Morgan fingerprint density at radius 2 is 1.71 bits per heavy atom. The lowest BCUT2D eigenvalue weighted by Gasteiger charge is -2.19. The molecule has 0 saturated carbocycles. The van der Waals surface area contributed by atoms with Crippen LogP contribution in [0.25, 0.3) is 0 Å². The molecule has 17 heavy (non-hydrogen) atoms. The largest absolute Gasteiger partial charge is 0.389 e. The molecule has 0 aromatic rings. The van der Waals surface area contributed by atoms with E-state index >= 15 is 0 Å². The van der Waals surface area contributed by atoms with E-state index in [1.807, 2.05) is 18.7 Å². The zero-order valence-corrected chi connectivity index (χ0v) is 12.6. The van der Waals surface area contributed by atoms with Crippen LogP contribution in [0.3, 0.4) is 0 Å². The first kappa shape index (κ1) is 19.1. The number of hydrogen-bond acceptors (Lipinski definition) is 1. The van der Waals surface area contributed by atoms with Crippen LogP contribution < -0.4 is 5.73 Å². The molecule has 0 aliphatic heterocycles. The number of nitrogens with two attached hydrogens (primary N) is 1. The van der Waals surface area contributed by atoms with Crippen molar-refractivity contribution >= 4 is 29.9 Å². The summed E-state index contributed by atoms with van der Waals surface area (Å²) >= 11 is 0. The van der Waals surface area contributed by atoms with E-state index in [4.69, 9.17) is 5.73 Å². The number of halogens is 4. The van der Waals surface area contributed by atoms with Gasteiger partial charge >= 0.3 is 6.18 Å². The van der Waals surface area contributed by atoms with Crippen molar-refractivity contribution < 1.29 is 13.2 Å². The fourth-order valence-electron chi connectivity index (χ4n) is 1.28. The smallest absolute Gasteiger partial charge is 0.370 e. The first-order chi connectivity index (χ1) is 7.40. The van der Waals surface area contributed by atoms with E-state index in [0.717, 1.165) is 13.1 Å². The van der Waals surface area contributed by atoms with Crippen LogP contribution in [0, 0.1) is 0 Å². The van der Waals surface area contributed by atoms with Gasteiger partial charge in [-0.05, 0) is 26.7 Å². The molecule has 0 atom stereocenters. The van der Waals surface area contributed by atoms with E-state index in [0.29, 0.717) is 18.9 Å². The van der Waals surface area contributed by atoms with Crippen LogP contribution in [0.4, 0.5) is 13.2 Å². The molecule has 0 rings (SSSR count). The average Bonchev–Trinajstić information content (AvgIpc) is 2.17. The topological polar surface area (TPSA) is 41.6 Å². The Morgan fingerprint density at radius 3 is 2.12 bits per heavy atom. The number of rotatable bonds is 6. The summed E-state index contributed by atoms with van der Waals surface area (Å²) in [4.78, 5) is 5.90. The van der Waals surface area contributed by atoms with Crippen molar-refractivity contribution in [2.45, 2.75) is 39.3 Å². The molecule has 104 valence electrons. The molecular weight excluding hydrogens is 346 g/mol. The van der Waals surface area contributed by atoms with Gasteiger partial charge in [-0.2, -0.15) is 13.2 Å². The second kappa shape index (κ2) is 9.78. The van der Waals surface area contributed by atoms with Crippen LogP contribution in [0.2, 0.25) is 0 Å². The van der Waals surface area contributed by atoms with E-state index in [1.54, 1.807) is 0 Å². The number of guanidine groups is 1. The van der Waals surface area contributed by atoms with Crippen molar-refractivity contribution in [3.63, 3.8) is 0 Å². The first-order valence-corrected chi connectivity index (χ1v) is 5.52. The zero-order valence-electron chi connectivity index (χ0n) is 10.3. The Kier molecular flexibility index (Phi) is 11.0. The number of alkyl halides is 3. The lowest BCUT2D eigenvalue weighted by molar-refractivity contribution is -0.135. The van der Waals surface area contributed by atoms with Crippen LogP contribution in [-0.2, 0) is 0 Å². The minimum absolute atomic E-state index is 0. The van der Waals surface area contributed by atoms with E-state index in [9.17, 15) is 13.2 Å². The third-order valence-corrected chi connectivity index (χ3v) is 2.23. The molecule has 0 aromatic carbocycles. The molecule has 7 heteroatoms. The first-order valence-electron chi connectivity index (χ1n) is 5.52. The summed E-state index contributed by atoms with van der Waals surface area (Å²) in [5.41, 5.74) is 5.66. The van der Waals surface area contributed by atoms with Crippen molar-refractivity contribution in [1.29, 1.82) is 0 Å². The molecule has 2 N–H and O–H groups in total. The van der Waals surface area contributed by atoms with Crippen molar-refractivity contribution in [2.24, 2.45) is 10.7 Å². The molecule has 0 spiro atoms. The normalized spacial score (nSPS) is 12.2. The lowest BCUT2D eigenvalue weighted by Crippen LogP contribution is -2.37. The quantitative estimate of drug-likeness (QED) is 0.340. The maximum Gasteiger partial charge on any atom is 0.389 e. The molecule has 0 aliphatic rings. The molecule has 0 heterocycles. The van der Waals surface area contributed by atoms with Gasteiger partial charge in [0.2, 0.25) is 0 Å². The molecule has 0 unspecified atom stereocenters. The highest BCUT2D eigenvalue weighted by molar-refractivity contribution is 14.0. The van der Waals surface area contributed by atoms with E-state index in [2.05, 4.69) is 4.99 Å². The summed E-state index contributed by atoms with van der Waals surface area (Å²) < 4.78 is 35.4. The average molecular weight is 367 g/mol. The maximum atomic E-state index is 11.8. The summed E-state index contributed by atoms with van der Waals surface area (Å²) in [5, 5.41) is 0. The fourth-order valence-corrected chi connectivity index (χ4v) is 1.28. The highest BCUT2D eigenvalue weighted by atomic mass is 127. The summed E-state index contributed by atoms with van der Waals surface area (Å²) in [6, 6.07) is 0. The SMILES string of the molecule is CCN(CC)C(N)=NCCCCC(F)(F)F.I. The summed E-state index contributed by atoms with van der Waals surface area (Å²) in [7, 11) is 0. The molecule has 0 amide bonds. The molecule has 0 aliphatic carbocycles. The number of nitrogens with zero attached hydrogens (tertiary/aromatic N) is 2. The number of aliphatic imine (C=N–C) groups is 1. The zero-order chi connectivity index (χ0) is 12.6. The third-order valence-electron chi connectivity index (χ3n) is 2.23. The molecule has 0 radical (unpaired) electrons. The predicted molar refractivity (Wildman–Crippen MR) is 74.7 cm³/mol. The number of unbranched alkanes of at least 4 members (excludes halogenated alkanes) is 1. The van der Waals surface area contributed by atoms with Crippen molar-refractivity contribution in [2.75, 3.05) is 19.6 Å². The summed E-state index contributed by atoms with van der Waals surface area (Å²) in [5.74, 6) is 0.414.